The van der Waals surface area contributed by atoms with Crippen molar-refractivity contribution in [3.63, 3.8) is 0 Å². The molecule has 0 atom stereocenters. The maximum Gasteiger partial charge on any atom is 0.244 e. The van der Waals surface area contributed by atoms with E-state index in [0.29, 0.717) is 27.2 Å². The second-order valence-electron chi connectivity index (χ2n) is 5.91. The minimum Gasteiger partial charge on any atom is -0.495 e. The molecule has 0 bridgehead atoms. The third-order valence-electron chi connectivity index (χ3n) is 3.81. The van der Waals surface area contributed by atoms with Crippen molar-refractivity contribution in [1.82, 2.24) is 0 Å². The van der Waals surface area contributed by atoms with Crippen LogP contribution >= 0.6 is 23.2 Å². The van der Waals surface area contributed by atoms with Crippen molar-refractivity contribution < 1.29 is 14.3 Å². The van der Waals surface area contributed by atoms with Crippen LogP contribution in [0.1, 0.15) is 18.1 Å². The molecule has 7 heteroatoms. The van der Waals surface area contributed by atoms with E-state index in [4.69, 9.17) is 27.9 Å². The molecule has 0 fully saturated rings. The van der Waals surface area contributed by atoms with Gasteiger partial charge in [0.2, 0.25) is 11.8 Å². The molecule has 138 valence electrons. The number of aryl methyl sites for hydroxylation is 2. The first-order valence-corrected chi connectivity index (χ1v) is 8.66. The Morgan fingerprint density at radius 2 is 1.85 bits per heavy atom. The van der Waals surface area contributed by atoms with Crippen molar-refractivity contribution in [2.75, 3.05) is 23.9 Å². The fourth-order valence-electron chi connectivity index (χ4n) is 2.64. The summed E-state index contributed by atoms with van der Waals surface area (Å²) < 4.78 is 5.28. The lowest BCUT2D eigenvalue weighted by Crippen LogP contribution is -2.37. The second-order valence-corrected chi connectivity index (χ2v) is 6.75. The number of amides is 2. The number of carbonyl (C=O) groups is 2. The number of nitrogens with zero attached hydrogens (tertiary/aromatic N) is 1. The first-order chi connectivity index (χ1) is 12.2. The number of carbonyl (C=O) groups excluding carboxylic acids is 2. The summed E-state index contributed by atoms with van der Waals surface area (Å²) in [5.74, 6) is -0.245. The number of halogens is 2. The molecule has 0 aliphatic heterocycles. The highest BCUT2D eigenvalue weighted by atomic mass is 35.5. The Labute approximate surface area is 162 Å². The number of hydrogen-bond donors (Lipinski definition) is 1. The Hall–Kier alpha value is -2.24. The third-order valence-corrected chi connectivity index (χ3v) is 4.34. The number of benzene rings is 2. The molecule has 0 saturated carbocycles. The molecule has 0 aliphatic carbocycles. The molecule has 0 heterocycles. The van der Waals surface area contributed by atoms with Gasteiger partial charge in [0, 0.05) is 11.9 Å². The topological polar surface area (TPSA) is 58.6 Å². The van der Waals surface area contributed by atoms with Crippen LogP contribution in [0.15, 0.2) is 30.3 Å². The zero-order chi connectivity index (χ0) is 19.4. The molecule has 2 aromatic rings. The van der Waals surface area contributed by atoms with Crippen LogP contribution in [0.2, 0.25) is 10.0 Å². The number of nitrogens with one attached hydrogen (secondary N) is 1. The summed E-state index contributed by atoms with van der Waals surface area (Å²) in [6.07, 6.45) is 0. The van der Waals surface area contributed by atoms with Crippen LogP contribution in [0.3, 0.4) is 0 Å². The SMILES string of the molecule is COc1ccc(Cl)cc1N(CC(=O)Nc1c(C)cc(C)cc1Cl)C(C)=O. The Kier molecular flexibility index (Phi) is 6.51. The van der Waals surface area contributed by atoms with Gasteiger partial charge in [0.1, 0.15) is 12.3 Å². The fraction of sp³-hybridized carbons (Fsp3) is 0.263. The molecular formula is C19H20Cl2N2O3. The standard InChI is InChI=1S/C19H20Cl2N2O3/c1-11-7-12(2)19(15(21)8-11)22-18(25)10-23(13(3)24)16-9-14(20)5-6-17(16)26-4/h5-9H,10H2,1-4H3,(H,22,25). The van der Waals surface area contributed by atoms with Crippen molar-refractivity contribution in [3.05, 3.63) is 51.5 Å². The lowest BCUT2D eigenvalue weighted by atomic mass is 10.1. The van der Waals surface area contributed by atoms with Crippen LogP contribution < -0.4 is 15.0 Å². The van der Waals surface area contributed by atoms with Gasteiger partial charge in [-0.3, -0.25) is 14.5 Å². The lowest BCUT2D eigenvalue weighted by molar-refractivity contribution is -0.120. The number of ether oxygens (including phenoxy) is 1. The van der Waals surface area contributed by atoms with E-state index in [2.05, 4.69) is 5.32 Å². The van der Waals surface area contributed by atoms with Gasteiger partial charge in [0.25, 0.3) is 0 Å². The Morgan fingerprint density at radius 3 is 2.42 bits per heavy atom. The highest BCUT2D eigenvalue weighted by Crippen LogP contribution is 2.32. The van der Waals surface area contributed by atoms with E-state index in [1.165, 1.54) is 18.9 Å². The first kappa shape index (κ1) is 20.1. The van der Waals surface area contributed by atoms with Crippen LogP contribution in [0, 0.1) is 13.8 Å². The molecule has 1 N–H and O–H groups in total. The summed E-state index contributed by atoms with van der Waals surface area (Å²) in [7, 11) is 1.49. The van der Waals surface area contributed by atoms with Gasteiger partial charge >= 0.3 is 0 Å². The molecule has 2 aromatic carbocycles. The van der Waals surface area contributed by atoms with Gasteiger partial charge in [0.05, 0.1) is 23.5 Å². The predicted molar refractivity (Wildman–Crippen MR) is 106 cm³/mol. The van der Waals surface area contributed by atoms with Gasteiger partial charge < -0.3 is 10.1 Å². The molecule has 2 rings (SSSR count). The monoisotopic (exact) mass is 394 g/mol. The minimum absolute atomic E-state index is 0.199. The normalized spacial score (nSPS) is 10.4. The second kappa shape index (κ2) is 8.43. The molecule has 5 nitrogen and oxygen atoms in total. The summed E-state index contributed by atoms with van der Waals surface area (Å²) >= 11 is 12.3. The van der Waals surface area contributed by atoms with E-state index in [-0.39, 0.29) is 18.4 Å². The quantitative estimate of drug-likeness (QED) is 0.805. The third kappa shape index (κ3) is 4.68. The number of rotatable bonds is 5. The zero-order valence-electron chi connectivity index (χ0n) is 15.0. The first-order valence-electron chi connectivity index (χ1n) is 7.91. The maximum absolute atomic E-state index is 12.5. The highest BCUT2D eigenvalue weighted by Gasteiger charge is 2.21. The number of hydrogen-bond acceptors (Lipinski definition) is 3. The van der Waals surface area contributed by atoms with Crippen LogP contribution in [-0.2, 0) is 9.59 Å². The average molecular weight is 395 g/mol. The molecule has 2 amide bonds. The van der Waals surface area contributed by atoms with Crippen LogP contribution in [-0.4, -0.2) is 25.5 Å². The Balaban J connectivity index is 2.28. The average Bonchev–Trinajstić information content (AvgIpc) is 2.55. The van der Waals surface area contributed by atoms with Crippen molar-refractivity contribution in [2.24, 2.45) is 0 Å². The summed E-state index contributed by atoms with van der Waals surface area (Å²) in [5.41, 5.74) is 2.80. The molecular weight excluding hydrogens is 375 g/mol. The summed E-state index contributed by atoms with van der Waals surface area (Å²) in [6, 6.07) is 8.57. The number of methoxy groups -OCH3 is 1. The molecule has 0 spiro atoms. The van der Waals surface area contributed by atoms with E-state index in [1.54, 1.807) is 24.3 Å². The van der Waals surface area contributed by atoms with Gasteiger partial charge in [0.15, 0.2) is 0 Å². The van der Waals surface area contributed by atoms with E-state index in [1.807, 2.05) is 19.9 Å². The summed E-state index contributed by atoms with van der Waals surface area (Å²) in [4.78, 5) is 26.0. The Morgan fingerprint density at radius 1 is 1.15 bits per heavy atom. The molecule has 0 radical (unpaired) electrons. The van der Waals surface area contributed by atoms with Crippen LogP contribution in [0.5, 0.6) is 5.75 Å². The molecule has 26 heavy (non-hydrogen) atoms. The van der Waals surface area contributed by atoms with Crippen molar-refractivity contribution in [3.8, 4) is 5.75 Å². The van der Waals surface area contributed by atoms with Gasteiger partial charge in [-0.15, -0.1) is 0 Å². The van der Waals surface area contributed by atoms with Gasteiger partial charge in [-0.05, 0) is 49.2 Å². The smallest absolute Gasteiger partial charge is 0.244 e. The molecule has 0 unspecified atom stereocenters. The predicted octanol–water partition coefficient (Wildman–Crippen LogP) is 4.61. The van der Waals surface area contributed by atoms with Crippen molar-refractivity contribution in [1.29, 1.82) is 0 Å². The largest absolute Gasteiger partial charge is 0.495 e. The van der Waals surface area contributed by atoms with E-state index < -0.39 is 0 Å². The fourth-order valence-corrected chi connectivity index (χ4v) is 3.17. The summed E-state index contributed by atoms with van der Waals surface area (Å²) in [6.45, 7) is 4.96. The van der Waals surface area contributed by atoms with Gasteiger partial charge in [-0.2, -0.15) is 0 Å². The lowest BCUT2D eigenvalue weighted by Gasteiger charge is -2.23. The van der Waals surface area contributed by atoms with E-state index in [9.17, 15) is 9.59 Å². The maximum atomic E-state index is 12.5. The molecule has 0 aliphatic rings. The number of anilines is 2. The minimum atomic E-state index is -0.379. The van der Waals surface area contributed by atoms with Crippen molar-refractivity contribution in [2.45, 2.75) is 20.8 Å². The van der Waals surface area contributed by atoms with E-state index in [0.717, 1.165) is 11.1 Å². The van der Waals surface area contributed by atoms with E-state index >= 15 is 0 Å². The zero-order valence-corrected chi connectivity index (χ0v) is 16.5. The van der Waals surface area contributed by atoms with Crippen LogP contribution in [0.4, 0.5) is 11.4 Å². The van der Waals surface area contributed by atoms with Crippen molar-refractivity contribution >= 4 is 46.4 Å². The summed E-state index contributed by atoms with van der Waals surface area (Å²) in [5, 5.41) is 3.66. The van der Waals surface area contributed by atoms with Gasteiger partial charge in [-0.25, -0.2) is 0 Å². The Bertz CT molecular complexity index is 830. The van der Waals surface area contributed by atoms with Crippen LogP contribution in [0.25, 0.3) is 0 Å². The molecule has 0 saturated heterocycles. The van der Waals surface area contributed by atoms with Gasteiger partial charge in [-0.1, -0.05) is 29.3 Å². The highest BCUT2D eigenvalue weighted by molar-refractivity contribution is 6.34. The molecule has 0 aromatic heterocycles.